The van der Waals surface area contributed by atoms with Crippen LogP contribution < -0.4 is 4.90 Å². The predicted molar refractivity (Wildman–Crippen MR) is 92.1 cm³/mol. The van der Waals surface area contributed by atoms with Gasteiger partial charge in [0.1, 0.15) is 5.82 Å². The molecule has 1 aliphatic rings. The Bertz CT molecular complexity index is 704. The van der Waals surface area contributed by atoms with Gasteiger partial charge in [0.05, 0.1) is 21.0 Å². The highest BCUT2D eigenvalue weighted by molar-refractivity contribution is 9.10. The molecule has 0 unspecified atom stereocenters. The molecule has 1 saturated heterocycles. The van der Waals surface area contributed by atoms with Gasteiger partial charge in [-0.25, -0.2) is 4.98 Å². The maximum atomic E-state index is 9.73. The Morgan fingerprint density at radius 2 is 1.91 bits per heavy atom. The van der Waals surface area contributed by atoms with Gasteiger partial charge in [-0.1, -0.05) is 41.9 Å². The van der Waals surface area contributed by atoms with Crippen LogP contribution in [-0.2, 0) is 5.41 Å². The van der Waals surface area contributed by atoms with Crippen LogP contribution in [0.4, 0.5) is 5.82 Å². The van der Waals surface area contributed by atoms with Crippen molar-refractivity contribution in [1.29, 1.82) is 5.26 Å². The lowest BCUT2D eigenvalue weighted by atomic mass is 9.74. The Labute approximate surface area is 143 Å². The van der Waals surface area contributed by atoms with Crippen molar-refractivity contribution in [3.05, 3.63) is 57.7 Å². The van der Waals surface area contributed by atoms with Crippen molar-refractivity contribution in [1.82, 2.24) is 4.98 Å². The van der Waals surface area contributed by atoms with Gasteiger partial charge in [0.2, 0.25) is 0 Å². The largest absolute Gasteiger partial charge is 0.356 e. The van der Waals surface area contributed by atoms with Crippen LogP contribution in [0.3, 0.4) is 0 Å². The fourth-order valence-corrected chi connectivity index (χ4v) is 3.85. The summed E-state index contributed by atoms with van der Waals surface area (Å²) in [6.07, 6.45) is 3.25. The van der Waals surface area contributed by atoms with E-state index in [1.807, 2.05) is 24.3 Å². The molecule has 0 aliphatic carbocycles. The third-order valence-electron chi connectivity index (χ3n) is 4.25. The smallest absolute Gasteiger partial charge is 0.142 e. The van der Waals surface area contributed by atoms with Gasteiger partial charge in [-0.15, -0.1) is 0 Å². The summed E-state index contributed by atoms with van der Waals surface area (Å²) in [6, 6.07) is 14.5. The van der Waals surface area contributed by atoms with E-state index in [4.69, 9.17) is 11.6 Å². The minimum atomic E-state index is -0.392. The number of hydrogen-bond acceptors (Lipinski definition) is 3. The number of piperidine rings is 1. The lowest BCUT2D eigenvalue weighted by Gasteiger charge is -2.38. The van der Waals surface area contributed by atoms with E-state index in [1.165, 1.54) is 0 Å². The Kier molecular flexibility index (Phi) is 4.37. The normalized spacial score (nSPS) is 17.0. The van der Waals surface area contributed by atoms with Gasteiger partial charge >= 0.3 is 0 Å². The number of anilines is 1. The molecule has 0 spiro atoms. The van der Waals surface area contributed by atoms with Gasteiger partial charge < -0.3 is 4.90 Å². The fraction of sp³-hybridized carbons (Fsp3) is 0.294. The third kappa shape index (κ3) is 2.84. The zero-order chi connectivity index (χ0) is 15.6. The average molecular weight is 377 g/mol. The zero-order valence-electron chi connectivity index (χ0n) is 12.0. The summed E-state index contributed by atoms with van der Waals surface area (Å²) in [7, 11) is 0. The highest BCUT2D eigenvalue weighted by Crippen LogP contribution is 2.37. The lowest BCUT2D eigenvalue weighted by Crippen LogP contribution is -2.42. The highest BCUT2D eigenvalue weighted by Gasteiger charge is 2.37. The molecule has 0 atom stereocenters. The molecule has 5 heteroatoms. The molecular weight excluding hydrogens is 362 g/mol. The van der Waals surface area contributed by atoms with Crippen LogP contribution in [0, 0.1) is 11.3 Å². The van der Waals surface area contributed by atoms with Gasteiger partial charge in [0.25, 0.3) is 0 Å². The van der Waals surface area contributed by atoms with Crippen molar-refractivity contribution in [2.75, 3.05) is 18.0 Å². The van der Waals surface area contributed by atoms with Crippen molar-refractivity contribution in [3.63, 3.8) is 0 Å². The van der Waals surface area contributed by atoms with E-state index in [9.17, 15) is 5.26 Å². The van der Waals surface area contributed by atoms with Crippen LogP contribution in [-0.4, -0.2) is 18.1 Å². The first-order valence-corrected chi connectivity index (χ1v) is 8.34. The lowest BCUT2D eigenvalue weighted by molar-refractivity contribution is 0.414. The van der Waals surface area contributed by atoms with E-state index in [-0.39, 0.29) is 0 Å². The molecule has 2 heterocycles. The number of nitriles is 1. The molecule has 1 aliphatic heterocycles. The molecule has 3 rings (SSSR count). The predicted octanol–water partition coefficient (Wildman–Crippen LogP) is 4.56. The van der Waals surface area contributed by atoms with Gasteiger partial charge in [0, 0.05) is 19.3 Å². The summed E-state index contributed by atoms with van der Waals surface area (Å²) in [5.74, 6) is 0.893. The Balaban J connectivity index is 1.81. The summed E-state index contributed by atoms with van der Waals surface area (Å²) in [5, 5.41) is 10.3. The minimum Gasteiger partial charge on any atom is -0.356 e. The number of aromatic nitrogens is 1. The van der Waals surface area contributed by atoms with E-state index in [1.54, 1.807) is 6.20 Å². The number of benzene rings is 1. The SMILES string of the molecule is N#CC1(c2ccccc2)CCN(c2ncc(Cl)cc2Br)CC1. The minimum absolute atomic E-state index is 0.392. The molecule has 1 aromatic carbocycles. The van der Waals surface area contributed by atoms with Crippen LogP contribution in [0.5, 0.6) is 0 Å². The van der Waals surface area contributed by atoms with E-state index in [2.05, 4.69) is 44.0 Å². The molecule has 22 heavy (non-hydrogen) atoms. The molecule has 0 bridgehead atoms. The van der Waals surface area contributed by atoms with E-state index >= 15 is 0 Å². The molecule has 2 aromatic rings. The van der Waals surface area contributed by atoms with Gasteiger partial charge in [-0.2, -0.15) is 5.26 Å². The summed E-state index contributed by atoms with van der Waals surface area (Å²) in [6.45, 7) is 1.60. The van der Waals surface area contributed by atoms with E-state index < -0.39 is 5.41 Å². The second-order valence-corrected chi connectivity index (χ2v) is 6.80. The van der Waals surface area contributed by atoms with Crippen LogP contribution in [0.25, 0.3) is 0 Å². The average Bonchev–Trinajstić information content (AvgIpc) is 2.56. The zero-order valence-corrected chi connectivity index (χ0v) is 14.3. The second kappa shape index (κ2) is 6.28. The summed E-state index contributed by atoms with van der Waals surface area (Å²) in [4.78, 5) is 6.62. The summed E-state index contributed by atoms with van der Waals surface area (Å²) in [5.41, 5.74) is 0.719. The van der Waals surface area contributed by atoms with Gasteiger partial charge in [-0.3, -0.25) is 0 Å². The number of hydrogen-bond donors (Lipinski definition) is 0. The van der Waals surface area contributed by atoms with Crippen molar-refractivity contribution in [2.24, 2.45) is 0 Å². The first kappa shape index (κ1) is 15.3. The second-order valence-electron chi connectivity index (χ2n) is 5.51. The van der Waals surface area contributed by atoms with E-state index in [0.717, 1.165) is 41.8 Å². The maximum absolute atomic E-state index is 9.73. The molecule has 0 N–H and O–H groups in total. The van der Waals surface area contributed by atoms with Crippen molar-refractivity contribution in [3.8, 4) is 6.07 Å². The van der Waals surface area contributed by atoms with E-state index in [0.29, 0.717) is 5.02 Å². The summed E-state index contributed by atoms with van der Waals surface area (Å²) < 4.78 is 0.893. The van der Waals surface area contributed by atoms with Crippen molar-refractivity contribution in [2.45, 2.75) is 18.3 Å². The Morgan fingerprint density at radius 3 is 2.50 bits per heavy atom. The first-order valence-electron chi connectivity index (χ1n) is 7.17. The molecule has 112 valence electrons. The molecule has 3 nitrogen and oxygen atoms in total. The monoisotopic (exact) mass is 375 g/mol. The number of nitrogens with zero attached hydrogens (tertiary/aromatic N) is 3. The summed E-state index contributed by atoms with van der Waals surface area (Å²) >= 11 is 9.47. The molecule has 0 saturated carbocycles. The van der Waals surface area contributed by atoms with Crippen LogP contribution >= 0.6 is 27.5 Å². The third-order valence-corrected chi connectivity index (χ3v) is 5.04. The molecular formula is C17H15BrClN3. The van der Waals surface area contributed by atoms with Crippen molar-refractivity contribution < 1.29 is 0 Å². The number of halogens is 2. The Hall–Kier alpha value is -1.57. The standard InChI is InChI=1S/C17H15BrClN3/c18-15-10-14(19)11-21-16(15)22-8-6-17(12-20,7-9-22)13-4-2-1-3-5-13/h1-5,10-11H,6-9H2. The molecule has 0 amide bonds. The van der Waals surface area contributed by atoms with Crippen LogP contribution in [0.1, 0.15) is 18.4 Å². The van der Waals surface area contributed by atoms with Gasteiger partial charge in [-0.05, 0) is 40.4 Å². The van der Waals surface area contributed by atoms with Crippen molar-refractivity contribution >= 4 is 33.3 Å². The highest BCUT2D eigenvalue weighted by atomic mass is 79.9. The quantitative estimate of drug-likeness (QED) is 0.771. The number of pyridine rings is 1. The molecule has 1 fully saturated rings. The number of rotatable bonds is 2. The first-order chi connectivity index (χ1) is 10.6. The maximum Gasteiger partial charge on any atom is 0.142 e. The fourth-order valence-electron chi connectivity index (χ4n) is 2.96. The topological polar surface area (TPSA) is 39.9 Å². The van der Waals surface area contributed by atoms with Crippen LogP contribution in [0.15, 0.2) is 47.1 Å². The molecule has 1 aromatic heterocycles. The van der Waals surface area contributed by atoms with Crippen LogP contribution in [0.2, 0.25) is 5.02 Å². The van der Waals surface area contributed by atoms with Gasteiger partial charge in [0.15, 0.2) is 0 Å². The Morgan fingerprint density at radius 1 is 1.23 bits per heavy atom. The molecule has 0 radical (unpaired) electrons.